The number of esters is 2. The Labute approximate surface area is 554 Å². The van der Waals surface area contributed by atoms with Crippen LogP contribution >= 0.6 is 7.82 Å². The minimum Gasteiger partial charge on any atom is -0.462 e. The molecule has 2 atom stereocenters. The number of nitrogens with two attached hydrogens (primary N) is 1. The highest BCUT2D eigenvalue weighted by Gasteiger charge is 2.26. The molecule has 0 aliphatic carbocycles. The molecule has 0 aliphatic heterocycles. The van der Waals surface area contributed by atoms with Crippen LogP contribution < -0.4 is 5.73 Å². The highest BCUT2D eigenvalue weighted by molar-refractivity contribution is 7.47. The van der Waals surface area contributed by atoms with Gasteiger partial charge in [-0.2, -0.15) is 0 Å². The zero-order chi connectivity index (χ0) is 64.4. The first-order valence-corrected chi connectivity index (χ1v) is 41.0. The SMILES string of the molecule is CCCCCCC/C=C\C/C=C\CCCCCCCCCCCCCCCCCCCCCCCCCCCCCC(=O)OC(COC(=O)CCCCCCCCCCCCCCCCCCC/C=C\CCCCCCCCCC)COP(=O)(O)OCCN. The van der Waals surface area contributed by atoms with E-state index in [1.165, 1.54) is 353 Å². The second kappa shape index (κ2) is 75.3. The standard InChI is InChI=1S/C79H152NO8P/c1-3-5-7-9-11-13-15-17-19-21-23-25-27-29-31-33-34-35-36-37-38-39-40-41-42-44-46-48-50-52-54-56-58-60-62-64-66-68-70-72-79(82)88-77(76-87-89(83,84)86-74-73-80)75-85-78(81)71-69-67-65-63-61-59-57-55-53-51-49-47-45-43-32-30-28-26-24-22-20-18-16-14-12-10-8-6-4-2/h15,17,21-24,77H,3-14,16,18-20,25-76,80H2,1-2H3,(H,83,84)/b17-15-,23-21-,24-22-. The lowest BCUT2D eigenvalue weighted by molar-refractivity contribution is -0.161. The molecule has 0 aliphatic rings. The maximum absolute atomic E-state index is 12.8. The zero-order valence-electron chi connectivity index (χ0n) is 59.5. The van der Waals surface area contributed by atoms with Gasteiger partial charge in [0, 0.05) is 19.4 Å². The van der Waals surface area contributed by atoms with Crippen molar-refractivity contribution in [3.63, 3.8) is 0 Å². The molecule has 0 amide bonds. The van der Waals surface area contributed by atoms with Crippen LogP contribution in [0.25, 0.3) is 0 Å². The lowest BCUT2D eigenvalue weighted by Crippen LogP contribution is -2.29. The van der Waals surface area contributed by atoms with Crippen LogP contribution in [0, 0.1) is 0 Å². The molecule has 0 rings (SSSR count). The predicted octanol–water partition coefficient (Wildman–Crippen LogP) is 26.2. The van der Waals surface area contributed by atoms with E-state index in [0.29, 0.717) is 6.42 Å². The molecule has 10 heteroatoms. The summed E-state index contributed by atoms with van der Waals surface area (Å²) in [4.78, 5) is 35.4. The average Bonchev–Trinajstić information content (AvgIpc) is 3.68. The summed E-state index contributed by atoms with van der Waals surface area (Å²) >= 11 is 0. The third kappa shape index (κ3) is 75.1. The fourth-order valence-electron chi connectivity index (χ4n) is 12.1. The first-order chi connectivity index (χ1) is 43.8. The van der Waals surface area contributed by atoms with Crippen molar-refractivity contribution < 1.29 is 37.6 Å². The number of carbonyl (C=O) groups excluding carboxylic acids is 2. The van der Waals surface area contributed by atoms with Gasteiger partial charge in [0.15, 0.2) is 6.10 Å². The van der Waals surface area contributed by atoms with Crippen LogP contribution in [0.15, 0.2) is 36.5 Å². The Morgan fingerprint density at radius 2 is 0.584 bits per heavy atom. The Hall–Kier alpha value is -1.77. The molecular weight excluding hydrogens is 1120 g/mol. The summed E-state index contributed by atoms with van der Waals surface area (Å²) in [6.07, 6.45) is 95.7. The largest absolute Gasteiger partial charge is 0.472 e. The molecule has 2 unspecified atom stereocenters. The van der Waals surface area contributed by atoms with Gasteiger partial charge in [0.1, 0.15) is 6.61 Å². The summed E-state index contributed by atoms with van der Waals surface area (Å²) in [5.74, 6) is -0.801. The minimum atomic E-state index is -4.39. The fraction of sp³-hybridized carbons (Fsp3) is 0.899. The number of phosphoric acid groups is 1. The van der Waals surface area contributed by atoms with Crippen LogP contribution in [0.3, 0.4) is 0 Å². The van der Waals surface area contributed by atoms with Crippen LogP contribution in [0.1, 0.15) is 425 Å². The number of rotatable bonds is 76. The summed E-state index contributed by atoms with van der Waals surface area (Å²) in [6, 6.07) is 0. The van der Waals surface area contributed by atoms with E-state index in [0.717, 1.165) is 38.5 Å². The number of unbranched alkanes of at least 4 members (excludes halogenated alkanes) is 57. The van der Waals surface area contributed by atoms with Gasteiger partial charge in [-0.3, -0.25) is 18.6 Å². The van der Waals surface area contributed by atoms with Gasteiger partial charge in [0.25, 0.3) is 0 Å². The molecule has 0 fully saturated rings. The van der Waals surface area contributed by atoms with Crippen molar-refractivity contribution in [2.45, 2.75) is 431 Å². The molecule has 0 saturated carbocycles. The van der Waals surface area contributed by atoms with Crippen LogP contribution in [0.5, 0.6) is 0 Å². The van der Waals surface area contributed by atoms with Gasteiger partial charge in [0.05, 0.1) is 13.2 Å². The molecule has 0 aromatic carbocycles. The summed E-state index contributed by atoms with van der Waals surface area (Å²) in [5.41, 5.74) is 5.41. The number of hydrogen-bond donors (Lipinski definition) is 2. The lowest BCUT2D eigenvalue weighted by Gasteiger charge is -2.19. The van der Waals surface area contributed by atoms with Crippen molar-refractivity contribution in [1.82, 2.24) is 0 Å². The van der Waals surface area contributed by atoms with Gasteiger partial charge < -0.3 is 20.1 Å². The topological polar surface area (TPSA) is 134 Å². The Balaban J connectivity index is 3.74. The first kappa shape index (κ1) is 87.2. The van der Waals surface area contributed by atoms with Crippen molar-refractivity contribution in [2.24, 2.45) is 5.73 Å². The molecule has 0 saturated heterocycles. The van der Waals surface area contributed by atoms with Gasteiger partial charge in [-0.15, -0.1) is 0 Å². The summed E-state index contributed by atoms with van der Waals surface area (Å²) < 4.78 is 33.3. The third-order valence-corrected chi connectivity index (χ3v) is 19.0. The third-order valence-electron chi connectivity index (χ3n) is 18.0. The van der Waals surface area contributed by atoms with Crippen molar-refractivity contribution in [1.29, 1.82) is 0 Å². The maximum atomic E-state index is 12.8. The first-order valence-electron chi connectivity index (χ1n) is 39.5. The smallest absolute Gasteiger partial charge is 0.462 e. The minimum absolute atomic E-state index is 0.0567. The zero-order valence-corrected chi connectivity index (χ0v) is 60.3. The van der Waals surface area contributed by atoms with E-state index in [-0.39, 0.29) is 38.6 Å². The predicted molar refractivity (Wildman–Crippen MR) is 386 cm³/mol. The molecule has 0 aromatic heterocycles. The molecule has 0 aromatic rings. The van der Waals surface area contributed by atoms with Gasteiger partial charge in [-0.1, -0.05) is 378 Å². The van der Waals surface area contributed by atoms with Gasteiger partial charge >= 0.3 is 19.8 Å². The highest BCUT2D eigenvalue weighted by Crippen LogP contribution is 2.43. The Morgan fingerprint density at radius 1 is 0.337 bits per heavy atom. The number of carbonyl (C=O) groups is 2. The van der Waals surface area contributed by atoms with E-state index < -0.39 is 26.5 Å². The van der Waals surface area contributed by atoms with Crippen LogP contribution in [-0.2, 0) is 32.7 Å². The quantitative estimate of drug-likeness (QED) is 0.0264. The summed E-state index contributed by atoms with van der Waals surface area (Å²) in [6.45, 7) is 3.82. The molecule has 0 bridgehead atoms. The van der Waals surface area contributed by atoms with E-state index >= 15 is 0 Å². The second-order valence-corrected chi connectivity index (χ2v) is 28.4. The highest BCUT2D eigenvalue weighted by atomic mass is 31.2. The Kier molecular flexibility index (Phi) is 73.8. The Morgan fingerprint density at radius 3 is 0.865 bits per heavy atom. The molecule has 0 spiro atoms. The summed E-state index contributed by atoms with van der Waals surface area (Å²) in [7, 11) is -4.39. The Bertz CT molecular complexity index is 1550. The van der Waals surface area contributed by atoms with E-state index in [4.69, 9.17) is 24.3 Å². The van der Waals surface area contributed by atoms with E-state index in [1.807, 2.05) is 0 Å². The van der Waals surface area contributed by atoms with Gasteiger partial charge in [-0.05, 0) is 70.6 Å². The second-order valence-electron chi connectivity index (χ2n) is 26.9. The van der Waals surface area contributed by atoms with Crippen molar-refractivity contribution >= 4 is 19.8 Å². The van der Waals surface area contributed by atoms with E-state index in [1.54, 1.807) is 0 Å². The van der Waals surface area contributed by atoms with Crippen LogP contribution in [0.4, 0.5) is 0 Å². The molecule has 9 nitrogen and oxygen atoms in total. The van der Waals surface area contributed by atoms with Gasteiger partial charge in [0.2, 0.25) is 0 Å². The van der Waals surface area contributed by atoms with Crippen LogP contribution in [-0.4, -0.2) is 49.3 Å². The molecule has 3 N–H and O–H groups in total. The number of hydrogen-bond acceptors (Lipinski definition) is 8. The van der Waals surface area contributed by atoms with Crippen molar-refractivity contribution in [3.8, 4) is 0 Å². The van der Waals surface area contributed by atoms with E-state index in [9.17, 15) is 19.0 Å². The lowest BCUT2D eigenvalue weighted by atomic mass is 10.0. The normalized spacial score (nSPS) is 13.0. The van der Waals surface area contributed by atoms with Crippen LogP contribution in [0.2, 0.25) is 0 Å². The number of phosphoric ester groups is 1. The number of allylic oxidation sites excluding steroid dienone is 6. The molecule has 0 radical (unpaired) electrons. The van der Waals surface area contributed by atoms with Gasteiger partial charge in [-0.25, -0.2) is 4.57 Å². The average molecular weight is 1280 g/mol. The van der Waals surface area contributed by atoms with Crippen molar-refractivity contribution in [3.05, 3.63) is 36.5 Å². The molecule has 526 valence electrons. The molecule has 89 heavy (non-hydrogen) atoms. The summed E-state index contributed by atoms with van der Waals surface area (Å²) in [5, 5.41) is 0. The van der Waals surface area contributed by atoms with E-state index in [2.05, 4.69) is 50.3 Å². The fourth-order valence-corrected chi connectivity index (χ4v) is 12.9. The monoisotopic (exact) mass is 1270 g/mol. The maximum Gasteiger partial charge on any atom is 0.472 e. The molecule has 0 heterocycles. The molecular formula is C79H152NO8P. The van der Waals surface area contributed by atoms with Crippen molar-refractivity contribution in [2.75, 3.05) is 26.4 Å². The number of ether oxygens (including phenoxy) is 2.